The highest BCUT2D eigenvalue weighted by atomic mass is 35.5. The molecule has 2 aromatic rings. The van der Waals surface area contributed by atoms with Crippen molar-refractivity contribution in [2.75, 3.05) is 37.7 Å². The molecular weight excluding hydrogens is 362 g/mol. The minimum atomic E-state index is 0.0265. The van der Waals surface area contributed by atoms with Crippen LogP contribution in [0.25, 0.3) is 0 Å². The molecule has 4 heterocycles. The van der Waals surface area contributed by atoms with Gasteiger partial charge in [-0.1, -0.05) is 11.6 Å². The Morgan fingerprint density at radius 2 is 2.07 bits per heavy atom. The molecule has 0 radical (unpaired) electrons. The fourth-order valence-electron chi connectivity index (χ4n) is 4.46. The van der Waals surface area contributed by atoms with E-state index in [1.165, 1.54) is 6.42 Å². The van der Waals surface area contributed by atoms with Gasteiger partial charge < -0.3 is 9.64 Å². The average molecular weight is 384 g/mol. The Bertz CT molecular complexity index is 897. The number of halogens is 1. The van der Waals surface area contributed by atoms with Gasteiger partial charge in [-0.05, 0) is 54.8 Å². The van der Waals surface area contributed by atoms with Crippen LogP contribution in [-0.4, -0.2) is 48.6 Å². The summed E-state index contributed by atoms with van der Waals surface area (Å²) in [7, 11) is 0. The summed E-state index contributed by atoms with van der Waals surface area (Å²) in [6.07, 6.45) is 5.71. The summed E-state index contributed by atoms with van der Waals surface area (Å²) in [5.74, 6) is 0.0265. The van der Waals surface area contributed by atoms with Crippen molar-refractivity contribution >= 4 is 23.2 Å². The Kier molecular flexibility index (Phi) is 4.19. The Balaban J connectivity index is 1.33. The number of hydrogen-bond donors (Lipinski definition) is 0. The third-order valence-corrected chi connectivity index (χ3v) is 6.21. The molecule has 0 bridgehead atoms. The van der Waals surface area contributed by atoms with Crippen LogP contribution in [0.3, 0.4) is 0 Å². The normalized spacial score (nSPS) is 21.4. The molecule has 3 aliphatic rings. The number of amides is 1. The molecule has 3 aliphatic heterocycles. The molecule has 0 aliphatic carbocycles. The largest absolute Gasteiger partial charge is 0.380 e. The van der Waals surface area contributed by atoms with Crippen LogP contribution in [0.2, 0.25) is 5.02 Å². The Morgan fingerprint density at radius 3 is 2.85 bits per heavy atom. The Hall–Kier alpha value is -1.95. The molecule has 140 valence electrons. The van der Waals surface area contributed by atoms with E-state index >= 15 is 0 Å². The quantitative estimate of drug-likeness (QED) is 0.816. The monoisotopic (exact) mass is 383 g/mol. The van der Waals surface area contributed by atoms with E-state index in [-0.39, 0.29) is 5.91 Å². The lowest BCUT2D eigenvalue weighted by molar-refractivity contribution is -0.105. The van der Waals surface area contributed by atoms with Gasteiger partial charge in [-0.15, -0.1) is 0 Å². The number of benzene rings is 1. The number of carbonyl (C=O) groups is 1. The third-order valence-electron chi connectivity index (χ3n) is 5.98. The van der Waals surface area contributed by atoms with Gasteiger partial charge in [-0.25, -0.2) is 0 Å². The molecule has 5 nitrogen and oxygen atoms in total. The Morgan fingerprint density at radius 1 is 1.19 bits per heavy atom. The van der Waals surface area contributed by atoms with E-state index < -0.39 is 0 Å². The van der Waals surface area contributed by atoms with Gasteiger partial charge in [0.25, 0.3) is 5.91 Å². The third kappa shape index (κ3) is 3.14. The second-order valence-corrected chi connectivity index (χ2v) is 8.45. The molecule has 0 saturated carbocycles. The number of likely N-dealkylation sites (tertiary alicyclic amines) is 1. The summed E-state index contributed by atoms with van der Waals surface area (Å²) in [5, 5.41) is 0.680. The van der Waals surface area contributed by atoms with Crippen molar-refractivity contribution in [2.24, 2.45) is 5.41 Å². The van der Waals surface area contributed by atoms with Crippen molar-refractivity contribution in [1.82, 2.24) is 9.88 Å². The van der Waals surface area contributed by atoms with E-state index in [9.17, 15) is 4.79 Å². The van der Waals surface area contributed by atoms with Crippen LogP contribution in [0.15, 0.2) is 36.7 Å². The fraction of sp³-hybridized carbons (Fsp3) is 0.429. The van der Waals surface area contributed by atoms with Crippen molar-refractivity contribution in [3.05, 3.63) is 58.4 Å². The zero-order chi connectivity index (χ0) is 18.4. The number of fused-ring (bicyclic) bond motifs is 1. The lowest BCUT2D eigenvalue weighted by Gasteiger charge is -2.37. The number of hydrogen-bond acceptors (Lipinski definition) is 4. The first-order valence-corrected chi connectivity index (χ1v) is 9.84. The number of ether oxygens (including phenoxy) is 1. The molecular formula is C21H22ClN3O2. The molecule has 1 spiro atoms. The molecule has 2 saturated heterocycles. The number of aromatic nitrogens is 1. The van der Waals surface area contributed by atoms with Crippen LogP contribution in [0, 0.1) is 5.41 Å². The highest BCUT2D eigenvalue weighted by Gasteiger charge is 2.44. The summed E-state index contributed by atoms with van der Waals surface area (Å²) in [5.41, 5.74) is 4.18. The highest BCUT2D eigenvalue weighted by Crippen LogP contribution is 2.38. The lowest BCUT2D eigenvalue weighted by atomic mass is 9.85. The number of rotatable bonds is 3. The van der Waals surface area contributed by atoms with Crippen molar-refractivity contribution in [3.8, 4) is 0 Å². The van der Waals surface area contributed by atoms with E-state index in [0.29, 0.717) is 17.0 Å². The maximum atomic E-state index is 12.9. The summed E-state index contributed by atoms with van der Waals surface area (Å²) in [6.45, 7) is 5.51. The molecule has 2 fully saturated rings. The molecule has 0 unspecified atom stereocenters. The minimum Gasteiger partial charge on any atom is -0.380 e. The summed E-state index contributed by atoms with van der Waals surface area (Å²) in [4.78, 5) is 21.7. The van der Waals surface area contributed by atoms with Crippen LogP contribution < -0.4 is 4.90 Å². The van der Waals surface area contributed by atoms with Gasteiger partial charge in [0.1, 0.15) is 0 Å². The highest BCUT2D eigenvalue weighted by molar-refractivity contribution is 6.30. The second kappa shape index (κ2) is 6.59. The first-order valence-electron chi connectivity index (χ1n) is 9.46. The maximum Gasteiger partial charge on any atom is 0.258 e. The number of nitrogens with zero attached hydrogens (tertiary/aromatic N) is 3. The van der Waals surface area contributed by atoms with Crippen LogP contribution in [-0.2, 0) is 17.7 Å². The van der Waals surface area contributed by atoms with Crippen molar-refractivity contribution in [1.29, 1.82) is 0 Å². The molecule has 0 N–H and O–H groups in total. The van der Waals surface area contributed by atoms with Gasteiger partial charge in [0, 0.05) is 41.8 Å². The Labute approximate surface area is 163 Å². The van der Waals surface area contributed by atoms with Gasteiger partial charge in [0.2, 0.25) is 0 Å². The predicted molar refractivity (Wildman–Crippen MR) is 104 cm³/mol. The van der Waals surface area contributed by atoms with E-state index in [0.717, 1.165) is 61.6 Å². The SMILES string of the molecule is O=C1c2ccc(Cl)cc2CCN1c1cncc(CN2CCC3(COC3)C2)c1. The van der Waals surface area contributed by atoms with Gasteiger partial charge in [-0.3, -0.25) is 14.7 Å². The summed E-state index contributed by atoms with van der Waals surface area (Å²) in [6, 6.07) is 7.61. The van der Waals surface area contributed by atoms with E-state index in [1.807, 2.05) is 23.2 Å². The molecule has 5 rings (SSSR count). The van der Waals surface area contributed by atoms with Crippen LogP contribution in [0.1, 0.15) is 27.9 Å². The molecule has 27 heavy (non-hydrogen) atoms. The van der Waals surface area contributed by atoms with Crippen molar-refractivity contribution in [2.45, 2.75) is 19.4 Å². The van der Waals surface area contributed by atoms with Gasteiger partial charge in [0.05, 0.1) is 25.1 Å². The first-order chi connectivity index (χ1) is 13.1. The summed E-state index contributed by atoms with van der Waals surface area (Å²) < 4.78 is 5.41. The van der Waals surface area contributed by atoms with Gasteiger partial charge >= 0.3 is 0 Å². The zero-order valence-corrected chi connectivity index (χ0v) is 15.9. The number of pyridine rings is 1. The molecule has 6 heteroatoms. The predicted octanol–water partition coefficient (Wildman–Crippen LogP) is 3.16. The average Bonchev–Trinajstić information content (AvgIpc) is 3.07. The topological polar surface area (TPSA) is 45.7 Å². The summed E-state index contributed by atoms with van der Waals surface area (Å²) >= 11 is 6.07. The molecule has 1 aromatic carbocycles. The van der Waals surface area contributed by atoms with Crippen LogP contribution >= 0.6 is 11.6 Å². The first kappa shape index (κ1) is 17.2. The zero-order valence-electron chi connectivity index (χ0n) is 15.2. The van der Waals surface area contributed by atoms with E-state index in [1.54, 1.807) is 12.3 Å². The molecule has 0 atom stereocenters. The fourth-order valence-corrected chi connectivity index (χ4v) is 4.65. The minimum absolute atomic E-state index is 0.0265. The molecule has 1 aromatic heterocycles. The second-order valence-electron chi connectivity index (χ2n) is 8.01. The number of anilines is 1. The van der Waals surface area contributed by atoms with E-state index in [2.05, 4.69) is 16.0 Å². The number of carbonyl (C=O) groups excluding carboxylic acids is 1. The standard InChI is InChI=1S/C21H22ClN3O2/c22-17-1-2-19-16(8-17)3-5-25(20(19)26)18-7-15(9-23-10-18)11-24-6-4-21(12-24)13-27-14-21/h1-2,7-10H,3-6,11-14H2. The van der Waals surface area contributed by atoms with Gasteiger partial charge in [0.15, 0.2) is 0 Å². The lowest BCUT2D eigenvalue weighted by Crippen LogP contribution is -2.44. The van der Waals surface area contributed by atoms with Crippen molar-refractivity contribution < 1.29 is 9.53 Å². The smallest absolute Gasteiger partial charge is 0.258 e. The van der Waals surface area contributed by atoms with Crippen LogP contribution in [0.4, 0.5) is 5.69 Å². The van der Waals surface area contributed by atoms with Gasteiger partial charge in [-0.2, -0.15) is 0 Å². The molecule has 1 amide bonds. The van der Waals surface area contributed by atoms with Crippen molar-refractivity contribution in [3.63, 3.8) is 0 Å². The maximum absolute atomic E-state index is 12.9. The van der Waals surface area contributed by atoms with Crippen LogP contribution in [0.5, 0.6) is 0 Å². The van der Waals surface area contributed by atoms with E-state index in [4.69, 9.17) is 16.3 Å².